The summed E-state index contributed by atoms with van der Waals surface area (Å²) in [6.07, 6.45) is 2.80. The Labute approximate surface area is 164 Å². The van der Waals surface area contributed by atoms with Crippen LogP contribution in [0.1, 0.15) is 43.6 Å². The highest BCUT2D eigenvalue weighted by atomic mass is 35.5. The number of aliphatic hydroxyl groups excluding tert-OH is 1. The first-order valence-electron chi connectivity index (χ1n) is 8.98. The Morgan fingerprint density at radius 1 is 1.23 bits per heavy atom. The molecule has 3 rings (SSSR count). The monoisotopic (exact) mass is 394 g/mol. The van der Waals surface area contributed by atoms with Crippen LogP contribution in [0.5, 0.6) is 0 Å². The lowest BCUT2D eigenvalue weighted by atomic mass is 10.1. The summed E-state index contributed by atoms with van der Waals surface area (Å²) >= 11 is 12.6. The maximum Gasteiger partial charge on any atom is 0.144 e. The number of nitrogens with zero attached hydrogens (tertiary/aromatic N) is 3. The van der Waals surface area contributed by atoms with Crippen LogP contribution in [0.15, 0.2) is 12.1 Å². The van der Waals surface area contributed by atoms with Crippen LogP contribution in [-0.2, 0) is 13.0 Å². The van der Waals surface area contributed by atoms with E-state index in [1.807, 2.05) is 13.0 Å². The summed E-state index contributed by atoms with van der Waals surface area (Å²) < 4.78 is 0. The van der Waals surface area contributed by atoms with Gasteiger partial charge < -0.3 is 15.3 Å². The molecule has 1 aromatic heterocycles. The number of aryl methyl sites for hydroxylation is 1. The standard InChI is InChI=1S/C19H24Cl2N4O/c1-4-14(5-2)24-18-15(10-26)19(23-11(3)22-18)25-7-6-12-8-13(20)9-16(21)17(12)25/h8-9,14,26H,4-7,10H2,1-3H3,(H,22,23,24). The number of halogens is 2. The summed E-state index contributed by atoms with van der Waals surface area (Å²) in [6.45, 7) is 6.73. The van der Waals surface area contributed by atoms with E-state index in [2.05, 4.69) is 34.0 Å². The zero-order chi connectivity index (χ0) is 18.8. The van der Waals surface area contributed by atoms with E-state index < -0.39 is 0 Å². The van der Waals surface area contributed by atoms with E-state index in [1.165, 1.54) is 0 Å². The molecular formula is C19H24Cl2N4O. The quantitative estimate of drug-likeness (QED) is 0.730. The van der Waals surface area contributed by atoms with Gasteiger partial charge >= 0.3 is 0 Å². The van der Waals surface area contributed by atoms with Crippen LogP contribution >= 0.6 is 23.2 Å². The van der Waals surface area contributed by atoms with Crippen molar-refractivity contribution in [2.75, 3.05) is 16.8 Å². The Kier molecular flexibility index (Phi) is 5.90. The van der Waals surface area contributed by atoms with Crippen LogP contribution in [-0.4, -0.2) is 27.7 Å². The lowest BCUT2D eigenvalue weighted by Crippen LogP contribution is -2.23. The lowest BCUT2D eigenvalue weighted by molar-refractivity contribution is 0.282. The van der Waals surface area contributed by atoms with Gasteiger partial charge in [0.25, 0.3) is 0 Å². The van der Waals surface area contributed by atoms with Crippen molar-refractivity contribution < 1.29 is 5.11 Å². The van der Waals surface area contributed by atoms with E-state index in [9.17, 15) is 5.11 Å². The van der Waals surface area contributed by atoms with Gasteiger partial charge in [0.05, 0.1) is 22.9 Å². The minimum absolute atomic E-state index is 0.144. The molecule has 0 bridgehead atoms. The highest BCUT2D eigenvalue weighted by Crippen LogP contribution is 2.43. The maximum atomic E-state index is 10.1. The maximum absolute atomic E-state index is 10.1. The normalized spacial score (nSPS) is 13.4. The van der Waals surface area contributed by atoms with Gasteiger partial charge in [-0.1, -0.05) is 37.0 Å². The minimum Gasteiger partial charge on any atom is -0.391 e. The molecule has 0 amide bonds. The van der Waals surface area contributed by atoms with Gasteiger partial charge in [-0.3, -0.25) is 0 Å². The van der Waals surface area contributed by atoms with Crippen molar-refractivity contribution in [2.24, 2.45) is 0 Å². The van der Waals surface area contributed by atoms with Crippen molar-refractivity contribution in [3.05, 3.63) is 39.1 Å². The van der Waals surface area contributed by atoms with Crippen LogP contribution in [0.25, 0.3) is 0 Å². The number of aliphatic hydroxyl groups is 1. The lowest BCUT2D eigenvalue weighted by Gasteiger charge is -2.25. The molecule has 0 fully saturated rings. The number of nitrogens with one attached hydrogen (secondary N) is 1. The number of hydrogen-bond acceptors (Lipinski definition) is 5. The molecule has 5 nitrogen and oxygen atoms in total. The second-order valence-electron chi connectivity index (χ2n) is 6.53. The molecule has 0 radical (unpaired) electrons. The Bertz CT molecular complexity index is 809. The van der Waals surface area contributed by atoms with E-state index in [4.69, 9.17) is 23.2 Å². The summed E-state index contributed by atoms with van der Waals surface area (Å²) in [7, 11) is 0. The fraction of sp³-hybridized carbons (Fsp3) is 0.474. The fourth-order valence-electron chi connectivity index (χ4n) is 3.42. The summed E-state index contributed by atoms with van der Waals surface area (Å²) in [5, 5.41) is 14.8. The van der Waals surface area contributed by atoms with Gasteiger partial charge in [0.15, 0.2) is 0 Å². The van der Waals surface area contributed by atoms with Gasteiger partial charge in [-0.25, -0.2) is 9.97 Å². The van der Waals surface area contributed by atoms with Crippen LogP contribution in [0.3, 0.4) is 0 Å². The molecule has 26 heavy (non-hydrogen) atoms. The number of benzene rings is 1. The summed E-state index contributed by atoms with van der Waals surface area (Å²) in [5.41, 5.74) is 2.70. The average Bonchev–Trinajstić information content (AvgIpc) is 3.03. The van der Waals surface area contributed by atoms with E-state index in [0.29, 0.717) is 39.1 Å². The molecule has 2 N–H and O–H groups in total. The molecule has 1 aromatic carbocycles. The smallest absolute Gasteiger partial charge is 0.144 e. The third-order valence-corrected chi connectivity index (χ3v) is 5.33. The van der Waals surface area contributed by atoms with Gasteiger partial charge in [-0.05, 0) is 43.9 Å². The highest BCUT2D eigenvalue weighted by molar-refractivity contribution is 6.36. The number of fused-ring (bicyclic) bond motifs is 1. The average molecular weight is 395 g/mol. The second-order valence-corrected chi connectivity index (χ2v) is 7.38. The predicted molar refractivity (Wildman–Crippen MR) is 108 cm³/mol. The number of aromatic nitrogens is 2. The molecule has 0 spiro atoms. The zero-order valence-electron chi connectivity index (χ0n) is 15.3. The van der Waals surface area contributed by atoms with E-state index in [1.54, 1.807) is 6.07 Å². The largest absolute Gasteiger partial charge is 0.391 e. The van der Waals surface area contributed by atoms with Crippen molar-refractivity contribution in [1.82, 2.24) is 9.97 Å². The number of hydrogen-bond donors (Lipinski definition) is 2. The third-order valence-electron chi connectivity index (χ3n) is 4.82. The van der Waals surface area contributed by atoms with E-state index in [0.717, 1.165) is 37.1 Å². The molecule has 7 heteroatoms. The molecule has 1 aliphatic heterocycles. The van der Waals surface area contributed by atoms with Crippen molar-refractivity contribution >= 4 is 40.5 Å². The van der Waals surface area contributed by atoms with Gasteiger partial charge in [0, 0.05) is 17.6 Å². The molecule has 2 heterocycles. The zero-order valence-corrected chi connectivity index (χ0v) is 16.8. The molecule has 140 valence electrons. The Morgan fingerprint density at radius 2 is 1.96 bits per heavy atom. The van der Waals surface area contributed by atoms with Crippen LogP contribution in [0.2, 0.25) is 10.0 Å². The predicted octanol–water partition coefficient (Wildman–Crippen LogP) is 4.88. The summed E-state index contributed by atoms with van der Waals surface area (Å²) in [6, 6.07) is 3.99. The Hall–Kier alpha value is -1.56. The first-order valence-corrected chi connectivity index (χ1v) is 9.74. The molecule has 2 aromatic rings. The highest BCUT2D eigenvalue weighted by Gasteiger charge is 2.28. The van der Waals surface area contributed by atoms with Crippen molar-refractivity contribution in [3.8, 4) is 0 Å². The van der Waals surface area contributed by atoms with Crippen molar-refractivity contribution in [2.45, 2.75) is 52.7 Å². The number of anilines is 3. The van der Waals surface area contributed by atoms with Crippen LogP contribution < -0.4 is 10.2 Å². The minimum atomic E-state index is -0.144. The Morgan fingerprint density at radius 3 is 2.62 bits per heavy atom. The van der Waals surface area contributed by atoms with Gasteiger partial charge in [-0.15, -0.1) is 0 Å². The molecule has 0 saturated heterocycles. The first kappa shape index (κ1) is 19.2. The Balaban J connectivity index is 2.09. The van der Waals surface area contributed by atoms with Crippen molar-refractivity contribution in [3.63, 3.8) is 0 Å². The molecule has 1 aliphatic rings. The molecule has 0 saturated carbocycles. The van der Waals surface area contributed by atoms with Crippen molar-refractivity contribution in [1.29, 1.82) is 0 Å². The topological polar surface area (TPSA) is 61.3 Å². The second kappa shape index (κ2) is 7.99. The molecule has 0 unspecified atom stereocenters. The fourth-order valence-corrected chi connectivity index (χ4v) is 4.06. The SMILES string of the molecule is CCC(CC)Nc1nc(C)nc(N2CCc3cc(Cl)cc(Cl)c32)c1CO. The van der Waals surface area contributed by atoms with E-state index >= 15 is 0 Å². The molecule has 0 aliphatic carbocycles. The van der Waals surface area contributed by atoms with Gasteiger partial charge in [-0.2, -0.15) is 0 Å². The number of rotatable bonds is 6. The molecule has 0 atom stereocenters. The van der Waals surface area contributed by atoms with Crippen LogP contribution in [0, 0.1) is 6.92 Å². The first-order chi connectivity index (χ1) is 12.5. The summed E-state index contributed by atoms with van der Waals surface area (Å²) in [5.74, 6) is 2.06. The molecular weight excluding hydrogens is 371 g/mol. The summed E-state index contributed by atoms with van der Waals surface area (Å²) in [4.78, 5) is 11.2. The van der Waals surface area contributed by atoms with Gasteiger partial charge in [0.2, 0.25) is 0 Å². The van der Waals surface area contributed by atoms with Crippen LogP contribution in [0.4, 0.5) is 17.3 Å². The van der Waals surface area contributed by atoms with Gasteiger partial charge in [0.1, 0.15) is 17.5 Å². The van der Waals surface area contributed by atoms with E-state index in [-0.39, 0.29) is 6.61 Å². The third kappa shape index (κ3) is 3.61.